The Balaban J connectivity index is 1.53. The lowest BCUT2D eigenvalue weighted by Crippen LogP contribution is -2.40. The molecule has 1 aliphatic heterocycles. The van der Waals surface area contributed by atoms with Crippen LogP contribution in [0.3, 0.4) is 0 Å². The van der Waals surface area contributed by atoms with Gasteiger partial charge >= 0.3 is 5.56 Å². The number of rotatable bonds is 5. The summed E-state index contributed by atoms with van der Waals surface area (Å²) in [5, 5.41) is 14.6. The molecule has 3 aromatic rings. The van der Waals surface area contributed by atoms with E-state index in [1.165, 1.54) is 41.1 Å². The third-order valence-corrected chi connectivity index (χ3v) is 4.84. The van der Waals surface area contributed by atoms with Crippen molar-refractivity contribution in [3.05, 3.63) is 93.2 Å². The van der Waals surface area contributed by atoms with Gasteiger partial charge in [0.1, 0.15) is 17.5 Å². The molecule has 0 bridgehead atoms. The number of aromatic nitrogens is 2. The van der Waals surface area contributed by atoms with Crippen LogP contribution in [0, 0.1) is 11.6 Å². The van der Waals surface area contributed by atoms with E-state index in [0.717, 1.165) is 5.56 Å². The van der Waals surface area contributed by atoms with Crippen LogP contribution < -0.4 is 15.9 Å². The molecule has 0 unspecified atom stereocenters. The third-order valence-electron chi connectivity index (χ3n) is 4.84. The number of hydrogen-bond donors (Lipinski definition) is 2. The van der Waals surface area contributed by atoms with E-state index in [4.69, 9.17) is 0 Å². The Morgan fingerprint density at radius 1 is 1.03 bits per heavy atom. The van der Waals surface area contributed by atoms with Gasteiger partial charge in [-0.1, -0.05) is 24.3 Å². The number of nitrogens with one attached hydrogen (secondary N) is 1. The predicted molar refractivity (Wildman–Crippen MR) is 105 cm³/mol. The quantitative estimate of drug-likeness (QED) is 0.668. The number of aromatic hydroxyl groups is 1. The first-order valence-corrected chi connectivity index (χ1v) is 9.29. The van der Waals surface area contributed by atoms with Gasteiger partial charge in [-0.15, -0.1) is 0 Å². The average molecular weight is 412 g/mol. The summed E-state index contributed by atoms with van der Waals surface area (Å²) in [6.45, 7) is 0.874. The third kappa shape index (κ3) is 3.86. The van der Waals surface area contributed by atoms with E-state index in [-0.39, 0.29) is 23.9 Å². The van der Waals surface area contributed by atoms with Crippen molar-refractivity contribution in [2.75, 3.05) is 11.6 Å². The zero-order valence-electron chi connectivity index (χ0n) is 15.8. The van der Waals surface area contributed by atoms with Crippen LogP contribution in [-0.2, 0) is 19.5 Å². The Bertz CT molecular complexity index is 1140. The molecule has 0 saturated heterocycles. The second-order valence-electron chi connectivity index (χ2n) is 6.92. The van der Waals surface area contributed by atoms with Crippen molar-refractivity contribution in [3.63, 3.8) is 0 Å². The molecule has 30 heavy (non-hydrogen) atoms. The number of halogens is 2. The standard InChI is InChI=1S/C21H18F2N4O3/c22-15-5-1-13(2-6-15)11-24-20(29)18-19(28)21(30)27-17(25-18)9-10-26(27)12-14-3-7-16(23)8-4-14/h1-8,28H,9-12H2,(H,24,29). The zero-order chi connectivity index (χ0) is 21.3. The number of carbonyl (C=O) groups is 1. The summed E-state index contributed by atoms with van der Waals surface area (Å²) in [7, 11) is 0. The van der Waals surface area contributed by atoms with Gasteiger partial charge in [-0.3, -0.25) is 9.59 Å². The van der Waals surface area contributed by atoms with E-state index in [9.17, 15) is 23.5 Å². The van der Waals surface area contributed by atoms with Crippen LogP contribution in [0.15, 0.2) is 53.3 Å². The van der Waals surface area contributed by atoms with Gasteiger partial charge in [0.25, 0.3) is 5.91 Å². The minimum atomic E-state index is -0.749. The lowest BCUT2D eigenvalue weighted by Gasteiger charge is -2.21. The summed E-state index contributed by atoms with van der Waals surface area (Å²) in [5.74, 6) is -1.84. The average Bonchev–Trinajstić information content (AvgIpc) is 3.14. The molecule has 154 valence electrons. The molecule has 2 aromatic carbocycles. The molecule has 0 spiro atoms. The molecule has 0 atom stereocenters. The number of carbonyl (C=O) groups excluding carboxylic acids is 1. The molecule has 4 rings (SSSR count). The Hall–Kier alpha value is -3.75. The summed E-state index contributed by atoms with van der Waals surface area (Å²) in [5.41, 5.74) is 0.355. The van der Waals surface area contributed by atoms with Crippen LogP contribution in [0.5, 0.6) is 5.75 Å². The first kappa shape index (κ1) is 19.6. The van der Waals surface area contributed by atoms with Crippen LogP contribution in [0.2, 0.25) is 0 Å². The molecule has 2 N–H and O–H groups in total. The lowest BCUT2D eigenvalue weighted by molar-refractivity contribution is 0.0942. The minimum absolute atomic E-state index is 0.0926. The summed E-state index contributed by atoms with van der Waals surface area (Å²) >= 11 is 0. The van der Waals surface area contributed by atoms with Gasteiger partial charge in [0.2, 0.25) is 5.75 Å². The molecule has 7 nitrogen and oxygen atoms in total. The molecular formula is C21H18F2N4O3. The fourth-order valence-corrected chi connectivity index (χ4v) is 3.31. The molecule has 1 aliphatic rings. The van der Waals surface area contributed by atoms with Crippen molar-refractivity contribution < 1.29 is 18.7 Å². The Kier molecular flexibility index (Phi) is 5.18. The summed E-state index contributed by atoms with van der Waals surface area (Å²) in [6, 6.07) is 11.5. The maximum absolute atomic E-state index is 13.1. The normalized spacial score (nSPS) is 12.7. The van der Waals surface area contributed by atoms with Gasteiger partial charge in [0, 0.05) is 19.5 Å². The number of hydrogen-bond acceptors (Lipinski definition) is 5. The summed E-state index contributed by atoms with van der Waals surface area (Å²) < 4.78 is 27.3. The van der Waals surface area contributed by atoms with Crippen LogP contribution in [0.4, 0.5) is 8.78 Å². The molecular weight excluding hydrogens is 394 g/mol. The van der Waals surface area contributed by atoms with Crippen LogP contribution >= 0.6 is 0 Å². The van der Waals surface area contributed by atoms with E-state index in [1.807, 2.05) is 0 Å². The van der Waals surface area contributed by atoms with Crippen molar-refractivity contribution in [1.82, 2.24) is 15.0 Å². The Morgan fingerprint density at radius 3 is 2.27 bits per heavy atom. The number of amides is 1. The highest BCUT2D eigenvalue weighted by Gasteiger charge is 2.28. The van der Waals surface area contributed by atoms with E-state index in [1.54, 1.807) is 17.1 Å². The van der Waals surface area contributed by atoms with Gasteiger partial charge in [0.05, 0.1) is 6.54 Å². The fourth-order valence-electron chi connectivity index (χ4n) is 3.31. The molecule has 1 aromatic heterocycles. The van der Waals surface area contributed by atoms with Gasteiger partial charge in [-0.05, 0) is 35.4 Å². The van der Waals surface area contributed by atoms with Crippen molar-refractivity contribution in [1.29, 1.82) is 0 Å². The molecule has 0 aliphatic carbocycles. The van der Waals surface area contributed by atoms with E-state index >= 15 is 0 Å². The second kappa shape index (κ2) is 7.94. The van der Waals surface area contributed by atoms with Gasteiger partial charge in [-0.25, -0.2) is 18.4 Å². The fraction of sp³-hybridized carbons (Fsp3) is 0.190. The van der Waals surface area contributed by atoms with E-state index in [2.05, 4.69) is 10.3 Å². The monoisotopic (exact) mass is 412 g/mol. The molecule has 0 fully saturated rings. The zero-order valence-corrected chi connectivity index (χ0v) is 15.8. The first-order valence-electron chi connectivity index (χ1n) is 9.29. The highest BCUT2D eigenvalue weighted by atomic mass is 19.1. The van der Waals surface area contributed by atoms with Gasteiger partial charge < -0.3 is 15.4 Å². The van der Waals surface area contributed by atoms with E-state index < -0.39 is 17.2 Å². The smallest absolute Gasteiger partial charge is 0.315 e. The predicted octanol–water partition coefficient (Wildman–Crippen LogP) is 1.85. The maximum atomic E-state index is 13.1. The number of fused-ring (bicyclic) bond motifs is 1. The molecule has 2 heterocycles. The van der Waals surface area contributed by atoms with Crippen LogP contribution in [-0.4, -0.2) is 27.2 Å². The first-order chi connectivity index (χ1) is 14.4. The topological polar surface area (TPSA) is 87.5 Å². The maximum Gasteiger partial charge on any atom is 0.315 e. The minimum Gasteiger partial charge on any atom is -0.501 e. The van der Waals surface area contributed by atoms with Crippen molar-refractivity contribution >= 4 is 5.91 Å². The second-order valence-corrected chi connectivity index (χ2v) is 6.92. The van der Waals surface area contributed by atoms with Crippen molar-refractivity contribution in [2.24, 2.45) is 0 Å². The molecule has 0 saturated carbocycles. The largest absolute Gasteiger partial charge is 0.501 e. The Morgan fingerprint density at radius 2 is 1.63 bits per heavy atom. The number of benzene rings is 2. The van der Waals surface area contributed by atoms with E-state index in [0.29, 0.717) is 30.9 Å². The Labute approximate surface area is 170 Å². The highest BCUT2D eigenvalue weighted by Crippen LogP contribution is 2.17. The molecule has 1 amide bonds. The number of nitrogens with zero attached hydrogens (tertiary/aromatic N) is 3. The molecule has 0 radical (unpaired) electrons. The van der Waals surface area contributed by atoms with Gasteiger partial charge in [-0.2, -0.15) is 0 Å². The van der Waals surface area contributed by atoms with Gasteiger partial charge in [0.15, 0.2) is 5.69 Å². The summed E-state index contributed by atoms with van der Waals surface area (Å²) in [6.07, 6.45) is 0.412. The highest BCUT2D eigenvalue weighted by molar-refractivity contribution is 5.94. The van der Waals surface area contributed by atoms with Crippen molar-refractivity contribution in [2.45, 2.75) is 19.5 Å². The van der Waals surface area contributed by atoms with Crippen LogP contribution in [0.25, 0.3) is 0 Å². The SMILES string of the molecule is O=C(NCc1ccc(F)cc1)c1nc2n(c(=O)c1O)N(Cc1ccc(F)cc1)CC2. The van der Waals surface area contributed by atoms with Crippen LogP contribution in [0.1, 0.15) is 27.4 Å². The molecule has 9 heteroatoms. The summed E-state index contributed by atoms with van der Waals surface area (Å²) in [4.78, 5) is 29.3. The lowest BCUT2D eigenvalue weighted by atomic mass is 10.2. The van der Waals surface area contributed by atoms with Crippen molar-refractivity contribution in [3.8, 4) is 5.75 Å².